The van der Waals surface area contributed by atoms with Crippen LogP contribution in [0.5, 0.6) is 5.75 Å². The van der Waals surface area contributed by atoms with Crippen LogP contribution in [-0.4, -0.2) is 40.6 Å². The first-order valence-corrected chi connectivity index (χ1v) is 8.66. The number of aliphatic hydroxyl groups is 1. The molecule has 11 heteroatoms. The first-order valence-electron chi connectivity index (χ1n) is 8.66. The molecule has 2 heterocycles. The molecule has 1 aliphatic rings. The molecule has 2 N–H and O–H groups in total. The van der Waals surface area contributed by atoms with E-state index in [1.165, 1.54) is 0 Å². The summed E-state index contributed by atoms with van der Waals surface area (Å²) >= 11 is 0. The van der Waals surface area contributed by atoms with Gasteiger partial charge in [-0.3, -0.25) is 14.3 Å². The number of nitrogens with one attached hydrogen (secondary N) is 1. The van der Waals surface area contributed by atoms with Crippen LogP contribution >= 0.6 is 0 Å². The summed E-state index contributed by atoms with van der Waals surface area (Å²) in [7, 11) is 1.55. The van der Waals surface area contributed by atoms with E-state index < -0.39 is 41.4 Å². The van der Waals surface area contributed by atoms with E-state index >= 15 is 0 Å². The molecular formula is C18H19F3N2O6. The van der Waals surface area contributed by atoms with Gasteiger partial charge in [0.05, 0.1) is 26.4 Å². The fraction of sp³-hybridized carbons (Fsp3) is 0.444. The molecule has 0 aliphatic carbocycles. The van der Waals surface area contributed by atoms with Gasteiger partial charge in [0.25, 0.3) is 5.56 Å². The first-order chi connectivity index (χ1) is 13.7. The number of alkyl halides is 3. The topological polar surface area (TPSA) is 103 Å². The molecule has 0 saturated carbocycles. The normalized spacial score (nSPS) is 22.0. The molecule has 0 bridgehead atoms. The zero-order chi connectivity index (χ0) is 21.2. The Labute approximate surface area is 162 Å². The molecule has 3 rings (SSSR count). The highest BCUT2D eigenvalue weighted by Crippen LogP contribution is 2.30. The Morgan fingerprint density at radius 3 is 2.59 bits per heavy atom. The molecule has 3 atom stereocenters. The number of methoxy groups -OCH3 is 1. The van der Waals surface area contributed by atoms with Gasteiger partial charge in [0.1, 0.15) is 23.6 Å². The number of aromatic amines is 1. The van der Waals surface area contributed by atoms with Crippen molar-refractivity contribution in [1.29, 1.82) is 0 Å². The van der Waals surface area contributed by atoms with Gasteiger partial charge in [0, 0.05) is 12.6 Å². The lowest BCUT2D eigenvalue weighted by molar-refractivity contribution is -0.139. The quantitative estimate of drug-likeness (QED) is 0.739. The van der Waals surface area contributed by atoms with Crippen LogP contribution in [0.15, 0.2) is 40.1 Å². The van der Waals surface area contributed by atoms with Crippen LogP contribution in [0.3, 0.4) is 0 Å². The monoisotopic (exact) mass is 416 g/mol. The van der Waals surface area contributed by atoms with Gasteiger partial charge >= 0.3 is 11.9 Å². The van der Waals surface area contributed by atoms with Crippen molar-refractivity contribution in [2.75, 3.05) is 13.7 Å². The third-order valence-corrected chi connectivity index (χ3v) is 4.50. The first kappa shape index (κ1) is 21.1. The summed E-state index contributed by atoms with van der Waals surface area (Å²) in [4.78, 5) is 24.9. The minimum atomic E-state index is -4.93. The summed E-state index contributed by atoms with van der Waals surface area (Å²) in [6.07, 6.45) is -7.71. The van der Waals surface area contributed by atoms with E-state index in [4.69, 9.17) is 14.2 Å². The molecule has 1 aromatic heterocycles. The van der Waals surface area contributed by atoms with Crippen molar-refractivity contribution < 1.29 is 32.5 Å². The molecule has 1 fully saturated rings. The summed E-state index contributed by atoms with van der Waals surface area (Å²) in [6.45, 7) is 0.187. The lowest BCUT2D eigenvalue weighted by Gasteiger charge is -2.17. The van der Waals surface area contributed by atoms with E-state index in [0.29, 0.717) is 16.5 Å². The number of rotatable bonds is 6. The molecular weight excluding hydrogens is 397 g/mol. The second-order valence-electron chi connectivity index (χ2n) is 6.50. The van der Waals surface area contributed by atoms with E-state index in [0.717, 1.165) is 5.56 Å². The van der Waals surface area contributed by atoms with Gasteiger partial charge in [0.15, 0.2) is 0 Å². The van der Waals surface area contributed by atoms with Gasteiger partial charge in [0.2, 0.25) is 0 Å². The summed E-state index contributed by atoms with van der Waals surface area (Å²) in [5, 5.41) is 10.1. The average Bonchev–Trinajstić information content (AvgIpc) is 3.01. The molecule has 0 radical (unpaired) electrons. The van der Waals surface area contributed by atoms with Gasteiger partial charge in [-0.15, -0.1) is 0 Å². The van der Waals surface area contributed by atoms with Crippen LogP contribution in [0.4, 0.5) is 13.2 Å². The third kappa shape index (κ3) is 4.86. The maximum atomic E-state index is 12.9. The lowest BCUT2D eigenvalue weighted by Crippen LogP contribution is -2.36. The van der Waals surface area contributed by atoms with Crippen LogP contribution in [0.1, 0.15) is 23.8 Å². The van der Waals surface area contributed by atoms with Crippen molar-refractivity contribution >= 4 is 0 Å². The second-order valence-corrected chi connectivity index (χ2v) is 6.50. The van der Waals surface area contributed by atoms with Gasteiger partial charge in [-0.2, -0.15) is 13.2 Å². The van der Waals surface area contributed by atoms with Crippen LogP contribution < -0.4 is 16.0 Å². The maximum Gasteiger partial charge on any atom is 0.423 e. The summed E-state index contributed by atoms with van der Waals surface area (Å²) in [5.74, 6) is 0.690. The summed E-state index contributed by atoms with van der Waals surface area (Å²) in [5.41, 5.74) is -3.26. The molecule has 0 spiro atoms. The Balaban J connectivity index is 1.65. The second kappa shape index (κ2) is 8.39. The number of benzene rings is 1. The smallest absolute Gasteiger partial charge is 0.423 e. The third-order valence-electron chi connectivity index (χ3n) is 4.50. The average molecular weight is 416 g/mol. The summed E-state index contributed by atoms with van der Waals surface area (Å²) < 4.78 is 55.5. The molecule has 1 aromatic carbocycles. The molecule has 2 aromatic rings. The Kier molecular flexibility index (Phi) is 6.10. The number of H-pyrrole nitrogens is 1. The van der Waals surface area contributed by atoms with Crippen molar-refractivity contribution in [3.05, 3.63) is 62.4 Å². The van der Waals surface area contributed by atoms with Gasteiger partial charge in [-0.1, -0.05) is 12.1 Å². The van der Waals surface area contributed by atoms with Crippen LogP contribution in [0.25, 0.3) is 0 Å². The van der Waals surface area contributed by atoms with E-state index in [1.54, 1.807) is 36.4 Å². The lowest BCUT2D eigenvalue weighted by atomic mass is 10.2. The predicted molar refractivity (Wildman–Crippen MR) is 93.5 cm³/mol. The van der Waals surface area contributed by atoms with Crippen LogP contribution in [-0.2, 0) is 22.3 Å². The Morgan fingerprint density at radius 2 is 1.97 bits per heavy atom. The van der Waals surface area contributed by atoms with Crippen molar-refractivity contribution in [3.63, 3.8) is 0 Å². The highest BCUT2D eigenvalue weighted by molar-refractivity contribution is 5.26. The molecule has 29 heavy (non-hydrogen) atoms. The fourth-order valence-electron chi connectivity index (χ4n) is 2.95. The number of aromatic nitrogens is 2. The number of hydrogen-bond acceptors (Lipinski definition) is 6. The molecule has 1 aliphatic heterocycles. The highest BCUT2D eigenvalue weighted by Gasteiger charge is 2.39. The Hall–Kier alpha value is -2.63. The SMILES string of the molecule is COc1ccc(COC[C@H]2O[C@@H](n3cc(C(F)(F)F)c(=O)[nH]c3=O)C[C@@H]2O)cc1. The van der Waals surface area contributed by atoms with Gasteiger partial charge < -0.3 is 19.3 Å². The number of nitrogens with zero attached hydrogens (tertiary/aromatic N) is 1. The van der Waals surface area contributed by atoms with E-state index in [-0.39, 0.29) is 19.6 Å². The van der Waals surface area contributed by atoms with Crippen molar-refractivity contribution in [2.45, 2.75) is 37.6 Å². The minimum Gasteiger partial charge on any atom is -0.497 e. The van der Waals surface area contributed by atoms with Gasteiger partial charge in [-0.25, -0.2) is 4.79 Å². The van der Waals surface area contributed by atoms with Crippen molar-refractivity contribution in [1.82, 2.24) is 9.55 Å². The van der Waals surface area contributed by atoms with Crippen LogP contribution in [0, 0.1) is 0 Å². The predicted octanol–water partition coefficient (Wildman–Crippen LogP) is 1.43. The van der Waals surface area contributed by atoms with Crippen LogP contribution in [0.2, 0.25) is 0 Å². The zero-order valence-electron chi connectivity index (χ0n) is 15.3. The molecule has 0 unspecified atom stereocenters. The van der Waals surface area contributed by atoms with E-state index in [1.807, 2.05) is 0 Å². The Bertz CT molecular complexity index is 954. The standard InChI is InChI=1S/C18H19F3N2O6/c1-27-11-4-2-10(3-5-11)8-28-9-14-13(24)6-15(29-14)23-7-12(18(19,20)21)16(25)22-17(23)26/h2-5,7,13-15,24H,6,8-9H2,1H3,(H,22,25,26)/t13-,14+,15+/m0/s1. The van der Waals surface area contributed by atoms with Crippen molar-refractivity contribution in [3.8, 4) is 5.75 Å². The molecule has 0 amide bonds. The molecule has 158 valence electrons. The largest absolute Gasteiger partial charge is 0.497 e. The van der Waals surface area contributed by atoms with E-state index in [2.05, 4.69) is 0 Å². The van der Waals surface area contributed by atoms with Gasteiger partial charge in [-0.05, 0) is 17.7 Å². The van der Waals surface area contributed by atoms with Crippen molar-refractivity contribution in [2.24, 2.45) is 0 Å². The number of halogens is 3. The molecule has 8 nitrogen and oxygen atoms in total. The maximum absolute atomic E-state index is 12.9. The number of ether oxygens (including phenoxy) is 3. The summed E-state index contributed by atoms with van der Waals surface area (Å²) in [6, 6.07) is 7.12. The zero-order valence-corrected chi connectivity index (χ0v) is 15.3. The Morgan fingerprint density at radius 1 is 1.28 bits per heavy atom. The fourth-order valence-corrected chi connectivity index (χ4v) is 2.95. The van der Waals surface area contributed by atoms with E-state index in [9.17, 15) is 27.9 Å². The minimum absolute atomic E-state index is 0.0338. The number of hydrogen-bond donors (Lipinski definition) is 2. The molecule has 1 saturated heterocycles. The highest BCUT2D eigenvalue weighted by atomic mass is 19.4. The number of aliphatic hydroxyl groups excluding tert-OH is 1.